The highest BCUT2D eigenvalue weighted by atomic mass is 16.2. The van der Waals surface area contributed by atoms with Gasteiger partial charge in [-0.15, -0.1) is 0 Å². The van der Waals surface area contributed by atoms with Crippen molar-refractivity contribution in [2.45, 2.75) is 52.5 Å². The average molecular weight is 226 g/mol. The minimum Gasteiger partial charge on any atom is -0.339 e. The molecule has 1 amide bonds. The molecule has 0 saturated carbocycles. The predicted octanol–water partition coefficient (Wildman–Crippen LogP) is 2.01. The number of amides is 1. The molecule has 94 valence electrons. The summed E-state index contributed by atoms with van der Waals surface area (Å²) in [6.07, 6.45) is 4.35. The van der Waals surface area contributed by atoms with Gasteiger partial charge in [0.25, 0.3) is 0 Å². The third kappa shape index (κ3) is 3.21. The Morgan fingerprint density at radius 2 is 2.19 bits per heavy atom. The Kier molecular flexibility index (Phi) is 5.26. The fourth-order valence-electron chi connectivity index (χ4n) is 2.52. The van der Waals surface area contributed by atoms with Crippen molar-refractivity contribution in [3.63, 3.8) is 0 Å². The van der Waals surface area contributed by atoms with E-state index in [1.165, 1.54) is 6.42 Å². The number of nitrogens with two attached hydrogens (primary N) is 1. The third-order valence-electron chi connectivity index (χ3n) is 3.74. The minimum absolute atomic E-state index is 0.170. The van der Waals surface area contributed by atoms with Gasteiger partial charge in [0.1, 0.15) is 0 Å². The third-order valence-corrected chi connectivity index (χ3v) is 3.74. The maximum Gasteiger partial charge on any atom is 0.225 e. The van der Waals surface area contributed by atoms with E-state index in [1.54, 1.807) is 0 Å². The van der Waals surface area contributed by atoms with Gasteiger partial charge in [0, 0.05) is 18.5 Å². The van der Waals surface area contributed by atoms with Crippen molar-refractivity contribution in [1.29, 1.82) is 0 Å². The molecular formula is C13H26N2O. The van der Waals surface area contributed by atoms with Crippen molar-refractivity contribution in [2.24, 2.45) is 17.6 Å². The van der Waals surface area contributed by atoms with Crippen LogP contribution in [0, 0.1) is 11.8 Å². The molecule has 3 nitrogen and oxygen atoms in total. The highest BCUT2D eigenvalue weighted by Crippen LogP contribution is 2.23. The molecule has 0 spiro atoms. The van der Waals surface area contributed by atoms with Crippen molar-refractivity contribution in [2.75, 3.05) is 13.1 Å². The van der Waals surface area contributed by atoms with Gasteiger partial charge in [-0.2, -0.15) is 0 Å². The largest absolute Gasteiger partial charge is 0.339 e. The average Bonchev–Trinajstić information content (AvgIpc) is 2.29. The summed E-state index contributed by atoms with van der Waals surface area (Å²) in [5, 5.41) is 0. The molecule has 0 aromatic carbocycles. The molecule has 3 heteroatoms. The van der Waals surface area contributed by atoms with Crippen LogP contribution < -0.4 is 5.73 Å². The summed E-state index contributed by atoms with van der Waals surface area (Å²) in [7, 11) is 0. The lowest BCUT2D eigenvalue weighted by Crippen LogP contribution is -2.48. The maximum atomic E-state index is 12.2. The molecule has 0 aliphatic carbocycles. The van der Waals surface area contributed by atoms with Crippen LogP contribution in [-0.2, 0) is 4.79 Å². The Morgan fingerprint density at radius 3 is 2.75 bits per heavy atom. The monoisotopic (exact) mass is 226 g/mol. The Labute approximate surface area is 99.4 Å². The first-order valence-corrected chi connectivity index (χ1v) is 6.60. The zero-order valence-corrected chi connectivity index (χ0v) is 10.9. The van der Waals surface area contributed by atoms with E-state index in [0.717, 1.165) is 25.8 Å². The highest BCUT2D eigenvalue weighted by molar-refractivity contribution is 5.78. The second-order valence-electron chi connectivity index (χ2n) is 5.21. The zero-order valence-electron chi connectivity index (χ0n) is 10.9. The molecule has 1 saturated heterocycles. The van der Waals surface area contributed by atoms with E-state index in [1.807, 2.05) is 6.92 Å². The molecule has 1 heterocycles. The molecule has 0 radical (unpaired) electrons. The van der Waals surface area contributed by atoms with E-state index in [-0.39, 0.29) is 5.92 Å². The summed E-state index contributed by atoms with van der Waals surface area (Å²) < 4.78 is 0. The lowest BCUT2D eigenvalue weighted by molar-refractivity contribution is -0.139. The lowest BCUT2D eigenvalue weighted by atomic mass is 9.92. The van der Waals surface area contributed by atoms with Crippen LogP contribution in [0.3, 0.4) is 0 Å². The molecule has 2 N–H and O–H groups in total. The van der Waals surface area contributed by atoms with Crippen LogP contribution in [-0.4, -0.2) is 29.9 Å². The Morgan fingerprint density at radius 1 is 1.50 bits per heavy atom. The summed E-state index contributed by atoms with van der Waals surface area (Å²) in [6, 6.07) is 0.398. The summed E-state index contributed by atoms with van der Waals surface area (Å²) in [5.41, 5.74) is 5.71. The fraction of sp³-hybridized carbons (Fsp3) is 0.923. The van der Waals surface area contributed by atoms with Gasteiger partial charge >= 0.3 is 0 Å². The van der Waals surface area contributed by atoms with Gasteiger partial charge in [-0.3, -0.25) is 4.79 Å². The normalized spacial score (nSPS) is 27.9. The lowest BCUT2D eigenvalue weighted by Gasteiger charge is -2.39. The van der Waals surface area contributed by atoms with Gasteiger partial charge < -0.3 is 10.6 Å². The summed E-state index contributed by atoms with van der Waals surface area (Å²) in [6.45, 7) is 7.91. The second-order valence-corrected chi connectivity index (χ2v) is 5.21. The van der Waals surface area contributed by atoms with E-state index < -0.39 is 0 Å². The molecule has 0 bridgehead atoms. The van der Waals surface area contributed by atoms with Gasteiger partial charge in [-0.05, 0) is 38.6 Å². The summed E-state index contributed by atoms with van der Waals surface area (Å²) in [5.74, 6) is 1.01. The van der Waals surface area contributed by atoms with Gasteiger partial charge in [0.2, 0.25) is 5.91 Å². The molecule has 1 aliphatic rings. The number of carbonyl (C=O) groups excluding carboxylic acids is 1. The predicted molar refractivity (Wildman–Crippen MR) is 67.0 cm³/mol. The molecular weight excluding hydrogens is 200 g/mol. The van der Waals surface area contributed by atoms with Crippen molar-refractivity contribution in [3.05, 3.63) is 0 Å². The molecule has 0 aromatic rings. The minimum atomic E-state index is 0.170. The van der Waals surface area contributed by atoms with Crippen molar-refractivity contribution in [3.8, 4) is 0 Å². The summed E-state index contributed by atoms with van der Waals surface area (Å²) in [4.78, 5) is 14.3. The van der Waals surface area contributed by atoms with E-state index in [4.69, 9.17) is 5.73 Å². The molecule has 1 rings (SSSR count). The molecule has 3 unspecified atom stereocenters. The molecule has 1 aliphatic heterocycles. The maximum absolute atomic E-state index is 12.2. The van der Waals surface area contributed by atoms with Gasteiger partial charge in [-0.1, -0.05) is 20.3 Å². The van der Waals surface area contributed by atoms with E-state index in [9.17, 15) is 4.79 Å². The number of nitrogens with zero attached hydrogens (tertiary/aromatic N) is 1. The van der Waals surface area contributed by atoms with Crippen LogP contribution in [0.4, 0.5) is 0 Å². The quantitative estimate of drug-likeness (QED) is 0.797. The number of piperidine rings is 1. The van der Waals surface area contributed by atoms with E-state index >= 15 is 0 Å². The topological polar surface area (TPSA) is 46.3 Å². The summed E-state index contributed by atoms with van der Waals surface area (Å²) >= 11 is 0. The highest BCUT2D eigenvalue weighted by Gasteiger charge is 2.30. The molecule has 0 aromatic heterocycles. The molecule has 3 atom stereocenters. The number of carbonyl (C=O) groups is 1. The molecule has 16 heavy (non-hydrogen) atoms. The fourth-order valence-corrected chi connectivity index (χ4v) is 2.52. The number of likely N-dealkylation sites (tertiary alicyclic amines) is 1. The van der Waals surface area contributed by atoms with Crippen LogP contribution in [0.15, 0.2) is 0 Å². The van der Waals surface area contributed by atoms with Crippen molar-refractivity contribution in [1.82, 2.24) is 4.90 Å². The van der Waals surface area contributed by atoms with E-state index in [2.05, 4.69) is 18.7 Å². The van der Waals surface area contributed by atoms with Crippen molar-refractivity contribution >= 4 is 5.91 Å². The number of hydrogen-bond acceptors (Lipinski definition) is 2. The van der Waals surface area contributed by atoms with Gasteiger partial charge in [0.15, 0.2) is 0 Å². The Bertz CT molecular complexity index is 230. The van der Waals surface area contributed by atoms with Gasteiger partial charge in [-0.25, -0.2) is 0 Å². The Hall–Kier alpha value is -0.570. The first-order valence-electron chi connectivity index (χ1n) is 6.60. The van der Waals surface area contributed by atoms with Crippen LogP contribution >= 0.6 is 0 Å². The van der Waals surface area contributed by atoms with Gasteiger partial charge in [0.05, 0.1) is 0 Å². The smallest absolute Gasteiger partial charge is 0.225 e. The SMILES string of the molecule is CCCC(C)C(=O)N1CC(CN)CCC1C. The van der Waals surface area contributed by atoms with Crippen molar-refractivity contribution < 1.29 is 4.79 Å². The number of rotatable bonds is 4. The zero-order chi connectivity index (χ0) is 12.1. The Balaban J connectivity index is 2.58. The second kappa shape index (κ2) is 6.24. The molecule has 1 fully saturated rings. The number of hydrogen-bond donors (Lipinski definition) is 1. The van der Waals surface area contributed by atoms with Crippen LogP contribution in [0.5, 0.6) is 0 Å². The van der Waals surface area contributed by atoms with Crippen LogP contribution in [0.25, 0.3) is 0 Å². The van der Waals surface area contributed by atoms with Crippen LogP contribution in [0.1, 0.15) is 46.5 Å². The first-order chi connectivity index (χ1) is 7.60. The standard InChI is InChI=1S/C13H26N2O/c1-4-5-10(2)13(16)15-9-12(8-14)7-6-11(15)3/h10-12H,4-9,14H2,1-3H3. The van der Waals surface area contributed by atoms with E-state index in [0.29, 0.717) is 24.4 Å². The van der Waals surface area contributed by atoms with Crippen LogP contribution in [0.2, 0.25) is 0 Å². The first kappa shape index (κ1) is 13.5.